The molecule has 0 amide bonds. The van der Waals surface area contributed by atoms with Gasteiger partial charge in [-0.1, -0.05) is 12.1 Å². The van der Waals surface area contributed by atoms with Gasteiger partial charge < -0.3 is 4.55 Å². The summed E-state index contributed by atoms with van der Waals surface area (Å²) in [4.78, 5) is 4.36. The van der Waals surface area contributed by atoms with Crippen LogP contribution >= 0.6 is 11.8 Å². The van der Waals surface area contributed by atoms with Crippen LogP contribution in [-0.2, 0) is 11.1 Å². The normalized spacial score (nSPS) is 12.7. The molecular weight excluding hydrogens is 236 g/mol. The van der Waals surface area contributed by atoms with Crippen molar-refractivity contribution in [3.05, 3.63) is 36.7 Å². The van der Waals surface area contributed by atoms with Crippen LogP contribution in [0.15, 0.2) is 41.6 Å². The fraction of sp³-hybridized carbons (Fsp3) is 0. The highest BCUT2D eigenvalue weighted by Gasteiger charge is 2.07. The highest BCUT2D eigenvalue weighted by atomic mass is 35.5. The van der Waals surface area contributed by atoms with E-state index in [1.165, 1.54) is 4.09 Å². The van der Waals surface area contributed by atoms with Crippen molar-refractivity contribution in [2.24, 2.45) is 0 Å². The van der Waals surface area contributed by atoms with Gasteiger partial charge in [-0.25, -0.2) is 13.3 Å². The van der Waals surface area contributed by atoms with Crippen LogP contribution in [0.5, 0.6) is 0 Å². The zero-order valence-corrected chi connectivity index (χ0v) is 9.07. The summed E-state index contributed by atoms with van der Waals surface area (Å²) < 4.78 is 21.1. The third-order valence-corrected chi connectivity index (χ3v) is 2.82. The first kappa shape index (κ1) is 10.4. The standard InChI is InChI=1S/C9H7ClN2O2S/c10-12-5-4-11-9(12)7-2-1-3-8(6-7)15(13)14/h1-6H,(H,13,14). The number of hydrogen-bond donors (Lipinski definition) is 1. The summed E-state index contributed by atoms with van der Waals surface area (Å²) in [6.07, 6.45) is 3.16. The van der Waals surface area contributed by atoms with Crippen LogP contribution in [0.4, 0.5) is 0 Å². The summed E-state index contributed by atoms with van der Waals surface area (Å²) in [7, 11) is 0. The van der Waals surface area contributed by atoms with Gasteiger partial charge in [-0.2, -0.15) is 0 Å². The number of rotatable bonds is 2. The molecule has 1 unspecified atom stereocenters. The zero-order valence-electron chi connectivity index (χ0n) is 7.50. The maximum Gasteiger partial charge on any atom is 0.186 e. The summed E-state index contributed by atoms with van der Waals surface area (Å²) in [5.41, 5.74) is 0.704. The lowest BCUT2D eigenvalue weighted by Crippen LogP contribution is -1.91. The minimum absolute atomic E-state index is 0.326. The number of nitrogens with zero attached hydrogens (tertiary/aromatic N) is 2. The van der Waals surface area contributed by atoms with E-state index in [-0.39, 0.29) is 0 Å². The molecule has 0 fully saturated rings. The second-order valence-electron chi connectivity index (χ2n) is 2.84. The van der Waals surface area contributed by atoms with E-state index in [4.69, 9.17) is 16.3 Å². The molecule has 2 rings (SSSR count). The average Bonchev–Trinajstić information content (AvgIpc) is 2.64. The molecule has 1 heterocycles. The molecule has 1 aromatic carbocycles. The molecule has 0 spiro atoms. The third-order valence-electron chi connectivity index (χ3n) is 1.89. The Kier molecular flexibility index (Phi) is 2.86. The van der Waals surface area contributed by atoms with Crippen molar-refractivity contribution in [3.8, 4) is 11.4 Å². The Morgan fingerprint density at radius 3 is 2.87 bits per heavy atom. The van der Waals surface area contributed by atoms with Gasteiger partial charge in [0.1, 0.15) is 0 Å². The van der Waals surface area contributed by atoms with Crippen LogP contribution in [0, 0.1) is 0 Å². The quantitative estimate of drug-likeness (QED) is 0.821. The minimum atomic E-state index is -1.99. The third kappa shape index (κ3) is 2.09. The Hall–Kier alpha value is -1.17. The lowest BCUT2D eigenvalue weighted by atomic mass is 10.2. The Morgan fingerprint density at radius 1 is 1.47 bits per heavy atom. The Morgan fingerprint density at radius 2 is 2.27 bits per heavy atom. The first-order chi connectivity index (χ1) is 7.18. The molecule has 1 N–H and O–H groups in total. The van der Waals surface area contributed by atoms with Crippen molar-refractivity contribution in [1.29, 1.82) is 0 Å². The first-order valence-corrected chi connectivity index (χ1v) is 5.54. The van der Waals surface area contributed by atoms with Crippen molar-refractivity contribution in [2.75, 3.05) is 0 Å². The van der Waals surface area contributed by atoms with Crippen molar-refractivity contribution in [3.63, 3.8) is 0 Å². The van der Waals surface area contributed by atoms with E-state index in [1.807, 2.05) is 0 Å². The van der Waals surface area contributed by atoms with E-state index in [1.54, 1.807) is 36.7 Å². The van der Waals surface area contributed by atoms with E-state index in [9.17, 15) is 4.21 Å². The number of halogens is 1. The smallest absolute Gasteiger partial charge is 0.186 e. The minimum Gasteiger partial charge on any atom is -0.302 e. The van der Waals surface area contributed by atoms with E-state index in [0.717, 1.165) is 0 Å². The molecule has 15 heavy (non-hydrogen) atoms. The fourth-order valence-electron chi connectivity index (χ4n) is 1.23. The summed E-state index contributed by atoms with van der Waals surface area (Å²) >= 11 is 3.83. The second-order valence-corrected chi connectivity index (χ2v) is 4.17. The molecule has 0 aliphatic rings. The number of imidazole rings is 1. The first-order valence-electron chi connectivity index (χ1n) is 4.09. The van der Waals surface area contributed by atoms with Gasteiger partial charge in [-0.05, 0) is 12.1 Å². The molecule has 0 saturated carbocycles. The van der Waals surface area contributed by atoms with Crippen LogP contribution < -0.4 is 0 Å². The molecule has 0 aliphatic carbocycles. The average molecular weight is 243 g/mol. The lowest BCUT2D eigenvalue weighted by Gasteiger charge is -2.01. The summed E-state index contributed by atoms with van der Waals surface area (Å²) in [5.74, 6) is 0.545. The Bertz CT molecular complexity index is 512. The predicted molar refractivity (Wildman–Crippen MR) is 58.0 cm³/mol. The number of benzene rings is 1. The maximum atomic E-state index is 10.9. The zero-order chi connectivity index (χ0) is 10.8. The summed E-state index contributed by atoms with van der Waals surface area (Å²) in [6, 6.07) is 6.61. The Labute approximate surface area is 93.9 Å². The maximum absolute atomic E-state index is 10.9. The highest BCUT2D eigenvalue weighted by Crippen LogP contribution is 2.20. The summed E-state index contributed by atoms with van der Waals surface area (Å²) in [5, 5.41) is 0. The van der Waals surface area contributed by atoms with E-state index < -0.39 is 11.1 Å². The lowest BCUT2D eigenvalue weighted by molar-refractivity contribution is 0.564. The van der Waals surface area contributed by atoms with Gasteiger partial charge in [0.15, 0.2) is 16.9 Å². The molecular formula is C9H7ClN2O2S. The van der Waals surface area contributed by atoms with Gasteiger partial charge >= 0.3 is 0 Å². The second kappa shape index (κ2) is 4.14. The largest absolute Gasteiger partial charge is 0.302 e. The monoisotopic (exact) mass is 242 g/mol. The topological polar surface area (TPSA) is 55.1 Å². The van der Waals surface area contributed by atoms with Crippen molar-refractivity contribution < 1.29 is 8.76 Å². The molecule has 4 nitrogen and oxygen atoms in total. The fourth-order valence-corrected chi connectivity index (χ4v) is 1.84. The van der Waals surface area contributed by atoms with Gasteiger partial charge in [0.2, 0.25) is 0 Å². The van der Waals surface area contributed by atoms with Gasteiger partial charge in [0.05, 0.1) is 4.90 Å². The van der Waals surface area contributed by atoms with Gasteiger partial charge in [0, 0.05) is 29.7 Å². The number of hydrogen-bond acceptors (Lipinski definition) is 2. The molecule has 0 aliphatic heterocycles. The molecule has 0 bridgehead atoms. The van der Waals surface area contributed by atoms with Crippen molar-refractivity contribution >= 4 is 22.9 Å². The van der Waals surface area contributed by atoms with E-state index in [2.05, 4.69) is 4.98 Å². The van der Waals surface area contributed by atoms with Gasteiger partial charge in [-0.15, -0.1) is 0 Å². The predicted octanol–water partition coefficient (Wildman–Crippen LogP) is 2.13. The molecule has 1 atom stereocenters. The summed E-state index contributed by atoms with van der Waals surface area (Å²) in [6.45, 7) is 0. The van der Waals surface area contributed by atoms with Crippen LogP contribution in [0.2, 0.25) is 0 Å². The molecule has 1 aromatic heterocycles. The van der Waals surface area contributed by atoms with Crippen molar-refractivity contribution in [2.45, 2.75) is 4.90 Å². The van der Waals surface area contributed by atoms with Crippen LogP contribution in [0.3, 0.4) is 0 Å². The van der Waals surface area contributed by atoms with Crippen LogP contribution in [-0.4, -0.2) is 17.8 Å². The van der Waals surface area contributed by atoms with E-state index >= 15 is 0 Å². The molecule has 2 aromatic rings. The Balaban J connectivity index is 2.50. The van der Waals surface area contributed by atoms with E-state index in [0.29, 0.717) is 16.3 Å². The molecule has 78 valence electrons. The van der Waals surface area contributed by atoms with Crippen LogP contribution in [0.1, 0.15) is 0 Å². The SMILES string of the molecule is O=S(O)c1cccc(-c2nccn2Cl)c1. The molecule has 6 heteroatoms. The van der Waals surface area contributed by atoms with Gasteiger partial charge in [0.25, 0.3) is 0 Å². The van der Waals surface area contributed by atoms with Crippen LogP contribution in [0.25, 0.3) is 11.4 Å². The van der Waals surface area contributed by atoms with Crippen molar-refractivity contribution in [1.82, 2.24) is 9.07 Å². The number of aromatic nitrogens is 2. The van der Waals surface area contributed by atoms with Gasteiger partial charge in [-0.3, -0.25) is 0 Å². The molecule has 0 radical (unpaired) electrons. The molecule has 0 saturated heterocycles. The highest BCUT2D eigenvalue weighted by molar-refractivity contribution is 7.79.